The Morgan fingerprint density at radius 2 is 1.83 bits per heavy atom. The van der Waals surface area contributed by atoms with Crippen molar-refractivity contribution in [2.75, 3.05) is 0 Å². The number of thiazole rings is 1. The van der Waals surface area contributed by atoms with Gasteiger partial charge >= 0.3 is 0 Å². The molecule has 1 fully saturated rings. The van der Waals surface area contributed by atoms with Gasteiger partial charge in [0.05, 0.1) is 21.8 Å². The lowest BCUT2D eigenvalue weighted by Crippen LogP contribution is -2.48. The van der Waals surface area contributed by atoms with E-state index in [1.807, 2.05) is 11.6 Å². The number of rotatable bonds is 6. The van der Waals surface area contributed by atoms with Crippen molar-refractivity contribution >= 4 is 34.6 Å². The molecule has 1 heterocycles. The molecule has 10 heteroatoms. The first-order valence-electron chi connectivity index (χ1n) is 11.2. The Bertz CT molecular complexity index is 1450. The lowest BCUT2D eigenvalue weighted by molar-refractivity contribution is -0.384. The van der Waals surface area contributed by atoms with Gasteiger partial charge in [-0.3, -0.25) is 20.2 Å². The van der Waals surface area contributed by atoms with Gasteiger partial charge in [-0.1, -0.05) is 32.1 Å². The minimum absolute atomic E-state index is 0.00187. The standard InChI is InChI=1S/C25H23N5O4S/c1-25(2)18-10-7-17(20(25)13-18)14-26-28-23(16-8-11-19(12-9-16)29(31)32)15-35-24(28)27-21-5-3-4-6-22(21)30(33)34/h3-9,11-12,14-15,18,20H,10,13H2,1-2H3. The van der Waals surface area contributed by atoms with Gasteiger partial charge in [-0.15, -0.1) is 11.3 Å². The maximum absolute atomic E-state index is 11.5. The van der Waals surface area contributed by atoms with E-state index in [-0.39, 0.29) is 22.5 Å². The van der Waals surface area contributed by atoms with Gasteiger partial charge in [0, 0.05) is 29.1 Å². The van der Waals surface area contributed by atoms with Crippen molar-refractivity contribution in [3.8, 4) is 11.3 Å². The van der Waals surface area contributed by atoms with Crippen molar-refractivity contribution in [1.82, 2.24) is 4.68 Å². The Morgan fingerprint density at radius 3 is 2.49 bits per heavy atom. The molecule has 2 aromatic carbocycles. The Balaban J connectivity index is 1.61. The summed E-state index contributed by atoms with van der Waals surface area (Å²) in [7, 11) is 0. The van der Waals surface area contributed by atoms with Gasteiger partial charge < -0.3 is 0 Å². The normalized spacial score (nSPS) is 21.0. The second-order valence-corrected chi connectivity index (χ2v) is 10.2. The third-order valence-corrected chi connectivity index (χ3v) is 8.00. The molecule has 2 unspecified atom stereocenters. The number of nitro groups is 2. The molecule has 3 aliphatic rings. The average Bonchev–Trinajstić information content (AvgIpc) is 3.25. The second kappa shape index (κ2) is 8.70. The van der Waals surface area contributed by atoms with Gasteiger partial charge in [0.2, 0.25) is 4.80 Å². The number of nitro benzene ring substituents is 2. The van der Waals surface area contributed by atoms with Crippen LogP contribution in [0, 0.1) is 37.5 Å². The summed E-state index contributed by atoms with van der Waals surface area (Å²) in [6.45, 7) is 4.59. The molecule has 1 aromatic heterocycles. The van der Waals surface area contributed by atoms with Gasteiger partial charge in [-0.25, -0.2) is 9.67 Å². The molecule has 0 N–H and O–H groups in total. The van der Waals surface area contributed by atoms with Crippen LogP contribution in [0.3, 0.4) is 0 Å². The van der Waals surface area contributed by atoms with Crippen LogP contribution in [0.2, 0.25) is 0 Å². The van der Waals surface area contributed by atoms with E-state index in [1.165, 1.54) is 35.1 Å². The second-order valence-electron chi connectivity index (χ2n) is 9.37. The summed E-state index contributed by atoms with van der Waals surface area (Å²) in [6.07, 6.45) is 6.29. The predicted octanol–water partition coefficient (Wildman–Crippen LogP) is 6.09. The van der Waals surface area contributed by atoms with E-state index in [2.05, 4.69) is 24.9 Å². The lowest BCUT2D eigenvalue weighted by atomic mass is 9.49. The molecule has 0 amide bonds. The van der Waals surface area contributed by atoms with Gasteiger partial charge in [-0.05, 0) is 53.9 Å². The van der Waals surface area contributed by atoms with Gasteiger partial charge in [0.1, 0.15) is 5.69 Å². The molecule has 9 nitrogen and oxygen atoms in total. The molecule has 1 saturated carbocycles. The smallest absolute Gasteiger partial charge is 0.258 e. The maximum Gasteiger partial charge on any atom is 0.294 e. The van der Waals surface area contributed by atoms with E-state index >= 15 is 0 Å². The third kappa shape index (κ3) is 4.10. The first kappa shape index (κ1) is 22.9. The van der Waals surface area contributed by atoms with E-state index in [9.17, 15) is 20.2 Å². The zero-order valence-corrected chi connectivity index (χ0v) is 20.0. The molecule has 0 saturated heterocycles. The number of para-hydroxylation sites is 2. The number of nitrogens with zero attached hydrogens (tertiary/aromatic N) is 5. The van der Waals surface area contributed by atoms with Crippen molar-refractivity contribution in [3.05, 3.63) is 90.6 Å². The van der Waals surface area contributed by atoms with E-state index in [4.69, 9.17) is 5.10 Å². The summed E-state index contributed by atoms with van der Waals surface area (Å²) < 4.78 is 1.65. The highest BCUT2D eigenvalue weighted by molar-refractivity contribution is 7.07. The van der Waals surface area contributed by atoms with Crippen molar-refractivity contribution in [2.45, 2.75) is 26.7 Å². The van der Waals surface area contributed by atoms with Crippen molar-refractivity contribution in [3.63, 3.8) is 0 Å². The molecule has 6 rings (SSSR count). The molecule has 0 spiro atoms. The predicted molar refractivity (Wildman–Crippen MR) is 135 cm³/mol. The molecule has 2 bridgehead atoms. The highest BCUT2D eigenvalue weighted by Gasteiger charge is 2.50. The number of fused-ring (bicyclic) bond motifs is 1. The van der Waals surface area contributed by atoms with Crippen LogP contribution in [0.1, 0.15) is 26.7 Å². The molecule has 0 aliphatic heterocycles. The maximum atomic E-state index is 11.5. The number of aromatic nitrogens is 1. The summed E-state index contributed by atoms with van der Waals surface area (Å²) in [6, 6.07) is 12.5. The van der Waals surface area contributed by atoms with Crippen molar-refractivity contribution in [1.29, 1.82) is 0 Å². The summed E-state index contributed by atoms with van der Waals surface area (Å²) in [5.74, 6) is 1.15. The minimum Gasteiger partial charge on any atom is -0.258 e. The van der Waals surface area contributed by atoms with Crippen LogP contribution in [-0.4, -0.2) is 20.7 Å². The Hall–Kier alpha value is -3.92. The number of allylic oxidation sites excluding steroid dienone is 2. The van der Waals surface area contributed by atoms with Crippen LogP contribution in [0.15, 0.2) is 75.7 Å². The molecule has 2 atom stereocenters. The highest BCUT2D eigenvalue weighted by Crippen LogP contribution is 2.58. The van der Waals surface area contributed by atoms with E-state index in [0.717, 1.165) is 18.4 Å². The minimum atomic E-state index is -0.459. The average molecular weight is 490 g/mol. The molecule has 35 heavy (non-hydrogen) atoms. The molecule has 3 aliphatic carbocycles. The number of non-ortho nitro benzene ring substituents is 1. The van der Waals surface area contributed by atoms with Crippen LogP contribution >= 0.6 is 11.3 Å². The molecular formula is C25H23N5O4S. The van der Waals surface area contributed by atoms with E-state index < -0.39 is 9.85 Å². The fourth-order valence-electron chi connectivity index (χ4n) is 4.93. The van der Waals surface area contributed by atoms with Crippen LogP contribution in [-0.2, 0) is 0 Å². The third-order valence-electron chi connectivity index (χ3n) is 7.19. The molecule has 3 aromatic rings. The summed E-state index contributed by atoms with van der Waals surface area (Å²) >= 11 is 1.30. The number of hydrogen-bond donors (Lipinski definition) is 0. The molecule has 0 radical (unpaired) electrons. The quantitative estimate of drug-likeness (QED) is 0.236. The first-order chi connectivity index (χ1) is 16.8. The van der Waals surface area contributed by atoms with Gasteiger partial charge in [0.25, 0.3) is 11.4 Å². The Morgan fingerprint density at radius 1 is 1.09 bits per heavy atom. The number of hydrogen-bond acceptors (Lipinski definition) is 7. The van der Waals surface area contributed by atoms with Gasteiger partial charge in [-0.2, -0.15) is 5.10 Å². The lowest BCUT2D eigenvalue weighted by Gasteiger charge is -2.55. The monoisotopic (exact) mass is 489 g/mol. The highest BCUT2D eigenvalue weighted by atomic mass is 32.1. The first-order valence-corrected chi connectivity index (χ1v) is 12.1. The van der Waals surface area contributed by atoms with Crippen LogP contribution in [0.5, 0.6) is 0 Å². The van der Waals surface area contributed by atoms with Crippen molar-refractivity contribution in [2.24, 2.45) is 27.3 Å². The zero-order chi connectivity index (χ0) is 24.7. The summed E-state index contributed by atoms with van der Waals surface area (Å²) in [4.78, 5) is 26.7. The molecule has 178 valence electrons. The number of benzene rings is 2. The van der Waals surface area contributed by atoms with Gasteiger partial charge in [0.15, 0.2) is 0 Å². The largest absolute Gasteiger partial charge is 0.294 e. The summed E-state index contributed by atoms with van der Waals surface area (Å²) in [5, 5.41) is 29.2. The Kier molecular flexibility index (Phi) is 5.68. The van der Waals surface area contributed by atoms with Crippen LogP contribution in [0.4, 0.5) is 17.1 Å². The SMILES string of the molecule is CC1(C)C2CC=C(C=Nn3c(-c4ccc([N+](=O)[O-])cc4)csc3=Nc3ccccc3[N+](=O)[O-])C1C2. The zero-order valence-electron chi connectivity index (χ0n) is 19.2. The fraction of sp³-hybridized carbons (Fsp3) is 0.280. The van der Waals surface area contributed by atoms with Crippen LogP contribution < -0.4 is 4.80 Å². The summed E-state index contributed by atoms with van der Waals surface area (Å²) in [5.41, 5.74) is 2.99. The van der Waals surface area contributed by atoms with E-state index in [0.29, 0.717) is 22.3 Å². The van der Waals surface area contributed by atoms with Crippen LogP contribution in [0.25, 0.3) is 11.3 Å². The molecular weight excluding hydrogens is 466 g/mol. The fourth-order valence-corrected chi connectivity index (χ4v) is 5.78. The van der Waals surface area contributed by atoms with Crippen molar-refractivity contribution < 1.29 is 9.85 Å². The van der Waals surface area contributed by atoms with E-state index in [1.54, 1.807) is 35.0 Å². The topological polar surface area (TPSA) is 116 Å². The Labute approximate surface area is 205 Å².